The number of rotatable bonds is 6. The van der Waals surface area contributed by atoms with Crippen LogP contribution in [0.15, 0.2) is 48.5 Å². The first kappa shape index (κ1) is 19.3. The van der Waals surface area contributed by atoms with Gasteiger partial charge >= 0.3 is 6.03 Å². The fourth-order valence-corrected chi connectivity index (χ4v) is 3.30. The van der Waals surface area contributed by atoms with Gasteiger partial charge in [0.15, 0.2) is 5.78 Å². The SMILES string of the molecule is CCCc1ccc(C(=O)CN2C(=O)NC(C)(c3ccc(C#N)cc3)C2=O)cc1. The number of benzene rings is 2. The Morgan fingerprint density at radius 2 is 1.75 bits per heavy atom. The van der Waals surface area contributed by atoms with E-state index in [1.165, 1.54) is 0 Å². The minimum Gasteiger partial charge on any atom is -0.319 e. The number of hydrogen-bond donors (Lipinski definition) is 1. The van der Waals surface area contributed by atoms with Crippen LogP contribution < -0.4 is 5.32 Å². The number of Topliss-reactive ketones (excluding diaryl/α,β-unsaturated/α-hetero) is 1. The molecule has 6 heteroatoms. The molecule has 142 valence electrons. The summed E-state index contributed by atoms with van der Waals surface area (Å²) in [5, 5.41) is 11.6. The first-order chi connectivity index (χ1) is 13.4. The van der Waals surface area contributed by atoms with Crippen LogP contribution in [-0.2, 0) is 16.8 Å². The van der Waals surface area contributed by atoms with Crippen molar-refractivity contribution in [3.63, 3.8) is 0 Å². The van der Waals surface area contributed by atoms with Crippen molar-refractivity contribution in [3.05, 3.63) is 70.8 Å². The van der Waals surface area contributed by atoms with E-state index in [2.05, 4.69) is 12.2 Å². The number of hydrogen-bond acceptors (Lipinski definition) is 4. The lowest BCUT2D eigenvalue weighted by atomic mass is 9.91. The quantitative estimate of drug-likeness (QED) is 0.620. The van der Waals surface area contributed by atoms with Crippen molar-refractivity contribution >= 4 is 17.7 Å². The van der Waals surface area contributed by atoms with Crippen molar-refractivity contribution < 1.29 is 14.4 Å². The van der Waals surface area contributed by atoms with Crippen LogP contribution in [-0.4, -0.2) is 29.2 Å². The van der Waals surface area contributed by atoms with Crippen molar-refractivity contribution in [1.29, 1.82) is 5.26 Å². The Kier molecular flexibility index (Phi) is 5.27. The van der Waals surface area contributed by atoms with Gasteiger partial charge in [-0.05, 0) is 36.6 Å². The molecule has 1 heterocycles. The van der Waals surface area contributed by atoms with Crippen LogP contribution >= 0.6 is 0 Å². The molecule has 0 aromatic heterocycles. The van der Waals surface area contributed by atoms with Crippen LogP contribution in [0.4, 0.5) is 4.79 Å². The second-order valence-electron chi connectivity index (χ2n) is 7.01. The lowest BCUT2D eigenvalue weighted by Gasteiger charge is -2.22. The molecule has 1 saturated heterocycles. The molecule has 0 saturated carbocycles. The Morgan fingerprint density at radius 3 is 2.32 bits per heavy atom. The number of urea groups is 1. The lowest BCUT2D eigenvalue weighted by molar-refractivity contribution is -0.130. The van der Waals surface area contributed by atoms with Crippen molar-refractivity contribution in [2.45, 2.75) is 32.2 Å². The predicted molar refractivity (Wildman–Crippen MR) is 104 cm³/mol. The van der Waals surface area contributed by atoms with Gasteiger partial charge in [-0.15, -0.1) is 0 Å². The zero-order chi connectivity index (χ0) is 20.3. The molecule has 2 aromatic rings. The Bertz CT molecular complexity index is 958. The molecule has 3 amide bonds. The summed E-state index contributed by atoms with van der Waals surface area (Å²) < 4.78 is 0. The number of nitrogens with zero attached hydrogens (tertiary/aromatic N) is 2. The van der Waals surface area contributed by atoms with Crippen LogP contribution in [0.2, 0.25) is 0 Å². The molecule has 0 spiro atoms. The standard InChI is InChI=1S/C22H21N3O3/c1-3-4-15-5-9-17(10-6-15)19(26)14-25-20(27)22(2,24-21(25)28)18-11-7-16(13-23)8-12-18/h5-12H,3-4,14H2,1-2H3,(H,24,28). The number of carbonyl (C=O) groups is 3. The summed E-state index contributed by atoms with van der Waals surface area (Å²) in [6, 6.07) is 15.1. The van der Waals surface area contributed by atoms with E-state index >= 15 is 0 Å². The van der Waals surface area contributed by atoms with Gasteiger partial charge in [0, 0.05) is 5.56 Å². The topological polar surface area (TPSA) is 90.3 Å². The van der Waals surface area contributed by atoms with Gasteiger partial charge in [0.2, 0.25) is 0 Å². The number of nitrogens with one attached hydrogen (secondary N) is 1. The molecular weight excluding hydrogens is 354 g/mol. The molecule has 1 atom stereocenters. The minimum absolute atomic E-state index is 0.296. The maximum Gasteiger partial charge on any atom is 0.325 e. The van der Waals surface area contributed by atoms with Crippen molar-refractivity contribution in [2.75, 3.05) is 6.54 Å². The third-order valence-corrected chi connectivity index (χ3v) is 4.98. The highest BCUT2D eigenvalue weighted by Gasteiger charge is 2.49. The molecule has 1 aliphatic heterocycles. The monoisotopic (exact) mass is 375 g/mol. The van der Waals surface area contributed by atoms with Crippen LogP contribution in [0.25, 0.3) is 0 Å². The molecule has 0 radical (unpaired) electrons. The van der Waals surface area contributed by atoms with Crippen LogP contribution in [0, 0.1) is 11.3 Å². The van der Waals surface area contributed by atoms with E-state index < -0.39 is 17.5 Å². The van der Waals surface area contributed by atoms with E-state index in [4.69, 9.17) is 5.26 Å². The van der Waals surface area contributed by atoms with E-state index in [-0.39, 0.29) is 12.3 Å². The second-order valence-corrected chi connectivity index (χ2v) is 7.01. The Labute approximate surface area is 163 Å². The molecule has 0 aliphatic carbocycles. The molecule has 1 unspecified atom stereocenters. The summed E-state index contributed by atoms with van der Waals surface area (Å²) in [6.07, 6.45) is 1.95. The average Bonchev–Trinajstić information content (AvgIpc) is 2.93. The fraction of sp³-hybridized carbons (Fsp3) is 0.273. The lowest BCUT2D eigenvalue weighted by Crippen LogP contribution is -2.41. The summed E-state index contributed by atoms with van der Waals surface area (Å²) in [7, 11) is 0. The maximum atomic E-state index is 12.9. The van der Waals surface area contributed by atoms with Gasteiger partial charge in [0.05, 0.1) is 18.2 Å². The van der Waals surface area contributed by atoms with Gasteiger partial charge in [-0.3, -0.25) is 14.5 Å². The summed E-state index contributed by atoms with van der Waals surface area (Å²) in [5.41, 5.74) is 1.36. The Balaban J connectivity index is 1.77. The predicted octanol–water partition coefficient (Wildman–Crippen LogP) is 3.16. The van der Waals surface area contributed by atoms with Crippen molar-refractivity contribution in [2.24, 2.45) is 0 Å². The van der Waals surface area contributed by atoms with E-state index in [9.17, 15) is 14.4 Å². The van der Waals surface area contributed by atoms with Gasteiger partial charge in [-0.2, -0.15) is 5.26 Å². The molecule has 2 aromatic carbocycles. The molecule has 1 aliphatic rings. The van der Waals surface area contributed by atoms with Crippen LogP contribution in [0.1, 0.15) is 47.3 Å². The summed E-state index contributed by atoms with van der Waals surface area (Å²) in [5.74, 6) is -0.784. The van der Waals surface area contributed by atoms with Crippen molar-refractivity contribution in [3.8, 4) is 6.07 Å². The first-order valence-corrected chi connectivity index (χ1v) is 9.16. The van der Waals surface area contributed by atoms with Crippen molar-refractivity contribution in [1.82, 2.24) is 10.2 Å². The number of nitriles is 1. The van der Waals surface area contributed by atoms with Gasteiger partial charge < -0.3 is 5.32 Å². The fourth-order valence-electron chi connectivity index (χ4n) is 3.30. The molecule has 6 nitrogen and oxygen atoms in total. The van der Waals surface area contributed by atoms with Gasteiger partial charge in [-0.1, -0.05) is 49.7 Å². The van der Waals surface area contributed by atoms with E-state index in [1.807, 2.05) is 18.2 Å². The van der Waals surface area contributed by atoms with E-state index in [0.29, 0.717) is 16.7 Å². The number of aryl methyl sites for hydroxylation is 1. The highest BCUT2D eigenvalue weighted by Crippen LogP contribution is 2.29. The van der Waals surface area contributed by atoms with E-state index in [0.717, 1.165) is 23.3 Å². The van der Waals surface area contributed by atoms with Crippen LogP contribution in [0.3, 0.4) is 0 Å². The first-order valence-electron chi connectivity index (χ1n) is 9.16. The Hall–Kier alpha value is -3.46. The molecule has 0 bridgehead atoms. The highest BCUT2D eigenvalue weighted by molar-refractivity contribution is 6.11. The zero-order valence-corrected chi connectivity index (χ0v) is 15.9. The Morgan fingerprint density at radius 1 is 1.11 bits per heavy atom. The summed E-state index contributed by atoms with van der Waals surface area (Å²) in [4.78, 5) is 38.8. The molecule has 28 heavy (non-hydrogen) atoms. The van der Waals surface area contributed by atoms with E-state index in [1.54, 1.807) is 43.3 Å². The number of imide groups is 1. The zero-order valence-electron chi connectivity index (χ0n) is 15.9. The van der Waals surface area contributed by atoms with Gasteiger partial charge in [0.25, 0.3) is 5.91 Å². The summed E-state index contributed by atoms with van der Waals surface area (Å²) in [6.45, 7) is 3.36. The minimum atomic E-state index is -1.27. The van der Waals surface area contributed by atoms with Gasteiger partial charge in [0.1, 0.15) is 5.54 Å². The van der Waals surface area contributed by atoms with Gasteiger partial charge in [-0.25, -0.2) is 4.79 Å². The smallest absolute Gasteiger partial charge is 0.319 e. The maximum absolute atomic E-state index is 12.9. The number of carbonyl (C=O) groups excluding carboxylic acids is 3. The molecule has 1 N–H and O–H groups in total. The van der Waals surface area contributed by atoms with Crippen LogP contribution in [0.5, 0.6) is 0 Å². The average molecular weight is 375 g/mol. The largest absolute Gasteiger partial charge is 0.325 e. The molecule has 3 rings (SSSR count). The highest BCUT2D eigenvalue weighted by atomic mass is 16.2. The number of amides is 3. The summed E-state index contributed by atoms with van der Waals surface area (Å²) >= 11 is 0. The molecule has 1 fully saturated rings. The second kappa shape index (κ2) is 7.65. The number of ketones is 1. The third-order valence-electron chi connectivity index (χ3n) is 4.98. The normalized spacial score (nSPS) is 18.7. The molecular formula is C22H21N3O3. The third kappa shape index (κ3) is 3.52.